The summed E-state index contributed by atoms with van der Waals surface area (Å²) in [5, 5.41) is 5.09. The van der Waals surface area contributed by atoms with Gasteiger partial charge in [-0.2, -0.15) is 0 Å². The molecular formula is C19H16F2N2O2S. The first-order valence-electron chi connectivity index (χ1n) is 8.03. The minimum atomic E-state index is -0.663. The number of halogens is 2. The first-order valence-corrected chi connectivity index (χ1v) is 8.44. The number of hydrogen-bond donors (Lipinski definition) is 1. The van der Waals surface area contributed by atoms with Crippen LogP contribution in [-0.2, 0) is 0 Å². The van der Waals surface area contributed by atoms with Crippen LogP contribution in [0.1, 0.15) is 23.2 Å². The highest BCUT2D eigenvalue weighted by molar-refractivity contribution is 7.78. The predicted molar refractivity (Wildman–Crippen MR) is 97.6 cm³/mol. The fourth-order valence-electron chi connectivity index (χ4n) is 2.87. The fraction of sp³-hybridized carbons (Fsp3) is 0.263. The Bertz CT molecular complexity index is 891. The average molecular weight is 374 g/mol. The van der Waals surface area contributed by atoms with E-state index in [9.17, 15) is 13.6 Å². The molecule has 0 radical (unpaired) electrons. The molecule has 0 unspecified atom stereocenters. The lowest BCUT2D eigenvalue weighted by Crippen LogP contribution is -2.46. The van der Waals surface area contributed by atoms with Gasteiger partial charge in [-0.05, 0) is 60.5 Å². The fourth-order valence-corrected chi connectivity index (χ4v) is 3.02. The van der Waals surface area contributed by atoms with Gasteiger partial charge in [0.05, 0.1) is 23.9 Å². The van der Waals surface area contributed by atoms with Gasteiger partial charge >= 0.3 is 0 Å². The number of methoxy groups -OCH3 is 1. The first kappa shape index (κ1) is 18.2. The lowest BCUT2D eigenvalue weighted by molar-refractivity contribution is 0.0906. The van der Waals surface area contributed by atoms with Crippen molar-refractivity contribution < 1.29 is 18.3 Å². The van der Waals surface area contributed by atoms with Crippen LogP contribution in [0.3, 0.4) is 0 Å². The van der Waals surface area contributed by atoms with Crippen LogP contribution in [0.2, 0.25) is 0 Å². The summed E-state index contributed by atoms with van der Waals surface area (Å²) in [4.78, 5) is 16.2. The molecule has 1 fully saturated rings. The van der Waals surface area contributed by atoms with E-state index in [2.05, 4.69) is 27.7 Å². The summed E-state index contributed by atoms with van der Waals surface area (Å²) in [6.45, 7) is 0. The largest absolute Gasteiger partial charge is 0.494 e. The number of carbonyl (C=O) groups is 1. The molecule has 1 amide bonds. The quantitative estimate of drug-likeness (QED) is 0.636. The molecule has 0 spiro atoms. The van der Waals surface area contributed by atoms with Gasteiger partial charge in [0.25, 0.3) is 5.91 Å². The number of nitrogens with one attached hydrogen (secondary N) is 1. The van der Waals surface area contributed by atoms with E-state index < -0.39 is 17.5 Å². The lowest BCUT2D eigenvalue weighted by Gasteiger charge is -2.32. The zero-order valence-electron chi connectivity index (χ0n) is 14.0. The monoisotopic (exact) mass is 374 g/mol. The number of thiocarbonyl (C=S) groups is 1. The van der Waals surface area contributed by atoms with Crippen LogP contribution < -0.4 is 10.1 Å². The molecule has 1 N–H and O–H groups in total. The molecule has 3 rings (SSSR count). The molecule has 0 heterocycles. The molecule has 7 heteroatoms. The number of hydrogen-bond acceptors (Lipinski definition) is 4. The maximum absolute atomic E-state index is 14.4. The second-order valence-electron chi connectivity index (χ2n) is 6.06. The van der Waals surface area contributed by atoms with Gasteiger partial charge in [0.15, 0.2) is 11.6 Å². The van der Waals surface area contributed by atoms with E-state index in [0.717, 1.165) is 0 Å². The van der Waals surface area contributed by atoms with Gasteiger partial charge in [0.2, 0.25) is 0 Å². The van der Waals surface area contributed by atoms with Crippen molar-refractivity contribution in [1.29, 1.82) is 0 Å². The van der Waals surface area contributed by atoms with E-state index in [4.69, 9.17) is 4.74 Å². The summed E-state index contributed by atoms with van der Waals surface area (Å²) in [6.07, 6.45) is 1.33. The summed E-state index contributed by atoms with van der Waals surface area (Å²) in [7, 11) is 1.37. The third kappa shape index (κ3) is 3.79. The zero-order valence-corrected chi connectivity index (χ0v) is 14.8. The van der Waals surface area contributed by atoms with Crippen molar-refractivity contribution >= 4 is 23.3 Å². The SMILES string of the molecule is COc1ccc(-c2ccc(C(=O)NC3CC(N=C=S)C3)c(F)c2)cc1F. The Hall–Kier alpha value is -2.63. The number of amides is 1. The number of ether oxygens (including phenoxy) is 1. The number of rotatable bonds is 5. The summed E-state index contributed by atoms with van der Waals surface area (Å²) in [5.41, 5.74) is 0.915. The Balaban J connectivity index is 1.72. The van der Waals surface area contributed by atoms with Crippen molar-refractivity contribution in [3.8, 4) is 16.9 Å². The molecule has 0 bridgehead atoms. The summed E-state index contributed by atoms with van der Waals surface area (Å²) in [5.74, 6) is -1.57. The molecule has 1 aliphatic rings. The van der Waals surface area contributed by atoms with E-state index in [1.807, 2.05) is 0 Å². The highest BCUT2D eigenvalue weighted by Gasteiger charge is 2.30. The minimum absolute atomic E-state index is 0.0469. The summed E-state index contributed by atoms with van der Waals surface area (Å²) in [6, 6.07) is 8.59. The van der Waals surface area contributed by atoms with Crippen molar-refractivity contribution in [3.05, 3.63) is 53.6 Å². The predicted octanol–water partition coefficient (Wildman–Crippen LogP) is 4.00. The van der Waals surface area contributed by atoms with Crippen molar-refractivity contribution in [2.45, 2.75) is 24.9 Å². The first-order chi connectivity index (χ1) is 12.5. The van der Waals surface area contributed by atoms with Crippen LogP contribution in [0.25, 0.3) is 11.1 Å². The third-order valence-corrected chi connectivity index (χ3v) is 4.49. The zero-order chi connectivity index (χ0) is 18.7. The van der Waals surface area contributed by atoms with Gasteiger partial charge < -0.3 is 10.1 Å². The van der Waals surface area contributed by atoms with Crippen molar-refractivity contribution in [2.24, 2.45) is 4.99 Å². The Labute approximate surface area is 154 Å². The molecule has 4 nitrogen and oxygen atoms in total. The number of isothiocyanates is 1. The Morgan fingerprint density at radius 3 is 2.42 bits per heavy atom. The second kappa shape index (κ2) is 7.72. The highest BCUT2D eigenvalue weighted by Crippen LogP contribution is 2.27. The summed E-state index contributed by atoms with van der Waals surface area (Å²) >= 11 is 4.54. The smallest absolute Gasteiger partial charge is 0.254 e. The number of aliphatic imine (C=N–C) groups is 1. The van der Waals surface area contributed by atoms with Gasteiger partial charge in [-0.1, -0.05) is 12.1 Å². The summed E-state index contributed by atoms with van der Waals surface area (Å²) < 4.78 is 33.1. The van der Waals surface area contributed by atoms with Gasteiger partial charge in [-0.15, -0.1) is 0 Å². The molecule has 0 aromatic heterocycles. The molecule has 2 aromatic carbocycles. The van der Waals surface area contributed by atoms with Crippen molar-refractivity contribution in [2.75, 3.05) is 7.11 Å². The van der Waals surface area contributed by atoms with Crippen LogP contribution in [0.5, 0.6) is 5.75 Å². The Kier molecular flexibility index (Phi) is 5.40. The number of carbonyl (C=O) groups excluding carboxylic acids is 1. The number of nitrogens with zero attached hydrogens (tertiary/aromatic N) is 1. The van der Waals surface area contributed by atoms with E-state index in [1.54, 1.807) is 12.1 Å². The maximum atomic E-state index is 14.4. The Morgan fingerprint density at radius 1 is 1.19 bits per heavy atom. The standard InChI is InChI=1S/C19H16F2N2O2S/c1-25-18-5-3-12(7-17(18)21)11-2-4-15(16(20)6-11)19(24)23-14-8-13(9-14)22-10-26/h2-7,13-14H,8-9H2,1H3,(H,23,24). The second-order valence-corrected chi connectivity index (χ2v) is 6.24. The third-order valence-electron chi connectivity index (χ3n) is 4.38. The maximum Gasteiger partial charge on any atom is 0.254 e. The van der Waals surface area contributed by atoms with Gasteiger partial charge in [-0.3, -0.25) is 4.79 Å². The van der Waals surface area contributed by atoms with E-state index in [1.165, 1.54) is 31.4 Å². The molecule has 1 aliphatic carbocycles. The van der Waals surface area contributed by atoms with Crippen molar-refractivity contribution in [1.82, 2.24) is 5.32 Å². The van der Waals surface area contributed by atoms with Crippen LogP contribution in [0, 0.1) is 11.6 Å². The lowest BCUT2D eigenvalue weighted by atomic mass is 9.87. The molecule has 2 aromatic rings. The molecule has 0 aliphatic heterocycles. The van der Waals surface area contributed by atoms with Gasteiger partial charge in [0.1, 0.15) is 5.82 Å². The van der Waals surface area contributed by atoms with Gasteiger partial charge in [-0.25, -0.2) is 13.8 Å². The molecule has 134 valence electrons. The van der Waals surface area contributed by atoms with E-state index in [-0.39, 0.29) is 23.4 Å². The van der Waals surface area contributed by atoms with E-state index >= 15 is 0 Å². The van der Waals surface area contributed by atoms with Crippen molar-refractivity contribution in [3.63, 3.8) is 0 Å². The normalized spacial score (nSPS) is 18.4. The van der Waals surface area contributed by atoms with Crippen LogP contribution in [-0.4, -0.2) is 30.3 Å². The van der Waals surface area contributed by atoms with Crippen LogP contribution in [0.15, 0.2) is 41.4 Å². The molecule has 1 saturated carbocycles. The highest BCUT2D eigenvalue weighted by atomic mass is 32.1. The molecular weight excluding hydrogens is 358 g/mol. The number of benzene rings is 2. The van der Waals surface area contributed by atoms with E-state index in [0.29, 0.717) is 24.0 Å². The van der Waals surface area contributed by atoms with Gasteiger partial charge in [0, 0.05) is 6.04 Å². The minimum Gasteiger partial charge on any atom is -0.494 e. The van der Waals surface area contributed by atoms with Crippen LogP contribution in [0.4, 0.5) is 8.78 Å². The molecule has 0 atom stereocenters. The van der Waals surface area contributed by atoms with Crippen LogP contribution >= 0.6 is 12.2 Å². The molecule has 0 saturated heterocycles. The Morgan fingerprint density at radius 2 is 1.85 bits per heavy atom. The average Bonchev–Trinajstić information content (AvgIpc) is 2.59. The topological polar surface area (TPSA) is 50.7 Å². The molecule has 26 heavy (non-hydrogen) atoms.